The fourth-order valence-corrected chi connectivity index (χ4v) is 4.58. The molecule has 1 fully saturated rings. The van der Waals surface area contributed by atoms with Gasteiger partial charge in [-0.3, -0.25) is 9.59 Å². The van der Waals surface area contributed by atoms with Crippen molar-refractivity contribution >= 4 is 40.3 Å². The van der Waals surface area contributed by atoms with Crippen LogP contribution in [0.25, 0.3) is 16.8 Å². The normalized spacial score (nSPS) is 20.9. The van der Waals surface area contributed by atoms with Crippen molar-refractivity contribution in [2.45, 2.75) is 37.3 Å². The Morgan fingerprint density at radius 2 is 2.17 bits per heavy atom. The molecule has 12 heteroatoms. The number of carbonyl (C=O) groups is 2. The smallest absolute Gasteiger partial charge is 0.280 e. The summed E-state index contributed by atoms with van der Waals surface area (Å²) in [5, 5.41) is 6.41. The lowest BCUT2D eigenvalue weighted by atomic mass is 9.87. The Morgan fingerprint density at radius 1 is 1.40 bits per heavy atom. The molecule has 0 unspecified atom stereocenters. The highest BCUT2D eigenvalue weighted by molar-refractivity contribution is 7.18. The van der Waals surface area contributed by atoms with Crippen LogP contribution in [0.5, 0.6) is 0 Å². The van der Waals surface area contributed by atoms with E-state index in [9.17, 15) is 18.4 Å². The number of amides is 2. The second-order valence-corrected chi connectivity index (χ2v) is 8.68. The minimum atomic E-state index is -3.09. The van der Waals surface area contributed by atoms with Gasteiger partial charge in [-0.05, 0) is 25.0 Å². The number of aromatic nitrogens is 3. The number of nitrogens with zero attached hydrogens (tertiary/aromatic N) is 3. The number of primary amides is 1. The Kier molecular flexibility index (Phi) is 5.20. The van der Waals surface area contributed by atoms with Gasteiger partial charge < -0.3 is 16.8 Å². The van der Waals surface area contributed by atoms with E-state index in [-0.39, 0.29) is 27.0 Å². The molecule has 1 saturated carbocycles. The van der Waals surface area contributed by atoms with Gasteiger partial charge in [0.2, 0.25) is 5.91 Å². The number of alkyl halides is 2. The van der Waals surface area contributed by atoms with Crippen LogP contribution >= 0.6 is 22.9 Å². The molecule has 5 N–H and O–H groups in total. The zero-order valence-corrected chi connectivity index (χ0v) is 17.0. The number of pyridine rings is 1. The maximum absolute atomic E-state index is 14.2. The first-order chi connectivity index (χ1) is 14.2. The van der Waals surface area contributed by atoms with Crippen molar-refractivity contribution in [1.82, 2.24) is 19.9 Å². The number of carbonyl (C=O) groups excluding carboxylic acids is 2. The zero-order chi connectivity index (χ0) is 21.6. The summed E-state index contributed by atoms with van der Waals surface area (Å²) in [6, 6.07) is 0.725. The van der Waals surface area contributed by atoms with Gasteiger partial charge in [0, 0.05) is 29.8 Å². The average molecular weight is 455 g/mol. The van der Waals surface area contributed by atoms with E-state index in [1.807, 2.05) is 0 Å². The molecule has 8 nitrogen and oxygen atoms in total. The van der Waals surface area contributed by atoms with Crippen LogP contribution < -0.4 is 16.8 Å². The number of hydrogen-bond acceptors (Lipinski definition) is 6. The van der Waals surface area contributed by atoms with Crippen LogP contribution in [0.15, 0.2) is 24.5 Å². The second kappa shape index (κ2) is 7.56. The van der Waals surface area contributed by atoms with Gasteiger partial charge in [-0.25, -0.2) is 18.3 Å². The SMILES string of the molecule is NC(=O)c1ccn2ncc(-c3nc(C(=O)N[C@@H]4[C@@H](N)CCCC4(F)F)sc3Cl)c2c1. The van der Waals surface area contributed by atoms with Crippen LogP contribution in [0.1, 0.15) is 39.4 Å². The molecule has 158 valence electrons. The van der Waals surface area contributed by atoms with Gasteiger partial charge in [-0.15, -0.1) is 0 Å². The van der Waals surface area contributed by atoms with Crippen molar-refractivity contribution < 1.29 is 18.4 Å². The number of nitrogens with two attached hydrogens (primary N) is 2. The molecule has 0 aliphatic heterocycles. The first kappa shape index (κ1) is 20.6. The molecule has 1 aliphatic rings. The zero-order valence-electron chi connectivity index (χ0n) is 15.4. The average Bonchev–Trinajstić information content (AvgIpc) is 3.27. The van der Waals surface area contributed by atoms with E-state index in [1.165, 1.54) is 22.8 Å². The molecule has 0 aromatic carbocycles. The summed E-state index contributed by atoms with van der Waals surface area (Å²) in [6.07, 6.45) is 3.40. The van der Waals surface area contributed by atoms with Crippen molar-refractivity contribution in [1.29, 1.82) is 0 Å². The third-order valence-electron chi connectivity index (χ3n) is 5.06. The number of nitrogens with one attached hydrogen (secondary N) is 1. The van der Waals surface area contributed by atoms with Gasteiger partial charge in [-0.1, -0.05) is 22.9 Å². The highest BCUT2D eigenvalue weighted by Crippen LogP contribution is 2.36. The topological polar surface area (TPSA) is 128 Å². The predicted octanol–water partition coefficient (Wildman–Crippen LogP) is 2.46. The summed E-state index contributed by atoms with van der Waals surface area (Å²) < 4.78 is 30.1. The molecular weight excluding hydrogens is 438 g/mol. The minimum absolute atomic E-state index is 0.0750. The number of thiazole rings is 1. The highest BCUT2D eigenvalue weighted by Gasteiger charge is 2.46. The van der Waals surface area contributed by atoms with Gasteiger partial charge >= 0.3 is 0 Å². The van der Waals surface area contributed by atoms with Gasteiger partial charge in [0.1, 0.15) is 16.1 Å². The summed E-state index contributed by atoms with van der Waals surface area (Å²) in [6.45, 7) is 0. The molecule has 3 heterocycles. The van der Waals surface area contributed by atoms with Crippen molar-refractivity contribution in [2.75, 3.05) is 0 Å². The van der Waals surface area contributed by atoms with Crippen LogP contribution in [0.2, 0.25) is 4.34 Å². The largest absolute Gasteiger partial charge is 0.366 e. The third kappa shape index (κ3) is 3.64. The Labute approximate surface area is 178 Å². The lowest BCUT2D eigenvalue weighted by Crippen LogP contribution is -2.59. The summed E-state index contributed by atoms with van der Waals surface area (Å²) >= 11 is 7.14. The quantitative estimate of drug-likeness (QED) is 0.557. The van der Waals surface area contributed by atoms with Gasteiger partial charge in [0.05, 0.1) is 11.7 Å². The molecular formula is C18H17ClF2N6O2S. The van der Waals surface area contributed by atoms with Crippen LogP contribution in [0.4, 0.5) is 8.78 Å². The first-order valence-electron chi connectivity index (χ1n) is 9.05. The fourth-order valence-electron chi connectivity index (χ4n) is 3.51. The van der Waals surface area contributed by atoms with Gasteiger partial charge in [0.15, 0.2) is 5.01 Å². The number of hydrogen-bond donors (Lipinski definition) is 3. The van der Waals surface area contributed by atoms with Crippen LogP contribution in [0.3, 0.4) is 0 Å². The number of rotatable bonds is 4. The van der Waals surface area contributed by atoms with E-state index < -0.39 is 29.8 Å². The Balaban J connectivity index is 1.65. The Bertz CT molecular complexity index is 1150. The van der Waals surface area contributed by atoms with E-state index >= 15 is 0 Å². The standard InChI is InChI=1S/C18H17ClF2N6O2S/c19-14-12(9-7-24-27-5-3-8(15(23)28)6-11(9)27)25-17(30-14)16(29)26-13-10(22)2-1-4-18(13,20)21/h3,5-7,10,13H,1-2,4,22H2,(H2,23,28)(H,26,29)/t10-,13+/m0/s1. The summed E-state index contributed by atoms with van der Waals surface area (Å²) in [5.74, 6) is -4.48. The molecule has 30 heavy (non-hydrogen) atoms. The van der Waals surface area contributed by atoms with Crippen molar-refractivity contribution in [3.05, 3.63) is 39.4 Å². The van der Waals surface area contributed by atoms with Crippen LogP contribution in [-0.2, 0) is 0 Å². The van der Waals surface area contributed by atoms with E-state index in [0.717, 1.165) is 11.3 Å². The summed E-state index contributed by atoms with van der Waals surface area (Å²) in [7, 11) is 0. The highest BCUT2D eigenvalue weighted by atomic mass is 35.5. The molecule has 0 radical (unpaired) electrons. The molecule has 4 rings (SSSR count). The molecule has 0 spiro atoms. The molecule has 2 amide bonds. The molecule has 2 atom stereocenters. The lowest BCUT2D eigenvalue weighted by molar-refractivity contribution is -0.0674. The van der Waals surface area contributed by atoms with E-state index in [2.05, 4.69) is 15.4 Å². The van der Waals surface area contributed by atoms with Gasteiger partial charge in [-0.2, -0.15) is 5.10 Å². The van der Waals surface area contributed by atoms with Crippen molar-refractivity contribution in [3.8, 4) is 11.3 Å². The maximum atomic E-state index is 14.2. The molecule has 3 aromatic heterocycles. The number of fused-ring (bicyclic) bond motifs is 1. The third-order valence-corrected chi connectivity index (χ3v) is 6.31. The van der Waals surface area contributed by atoms with Crippen LogP contribution in [-0.4, -0.2) is 44.4 Å². The first-order valence-corrected chi connectivity index (χ1v) is 10.2. The minimum Gasteiger partial charge on any atom is -0.366 e. The molecule has 0 bridgehead atoms. The molecule has 0 saturated heterocycles. The van der Waals surface area contributed by atoms with E-state index in [4.69, 9.17) is 23.1 Å². The summed E-state index contributed by atoms with van der Waals surface area (Å²) in [5.41, 5.74) is 12.6. The maximum Gasteiger partial charge on any atom is 0.280 e. The van der Waals surface area contributed by atoms with Gasteiger partial charge in [0.25, 0.3) is 11.8 Å². The lowest BCUT2D eigenvalue weighted by Gasteiger charge is -2.36. The predicted molar refractivity (Wildman–Crippen MR) is 108 cm³/mol. The second-order valence-electron chi connectivity index (χ2n) is 7.08. The Hall–Kier alpha value is -2.63. The van der Waals surface area contributed by atoms with Crippen LogP contribution in [0, 0.1) is 0 Å². The number of halogens is 3. The van der Waals surface area contributed by atoms with E-state index in [1.54, 1.807) is 6.20 Å². The van der Waals surface area contributed by atoms with E-state index in [0.29, 0.717) is 23.9 Å². The monoisotopic (exact) mass is 454 g/mol. The molecule has 1 aliphatic carbocycles. The summed E-state index contributed by atoms with van der Waals surface area (Å²) in [4.78, 5) is 28.3. The fraction of sp³-hybridized carbons (Fsp3) is 0.333. The van der Waals surface area contributed by atoms with Crippen molar-refractivity contribution in [3.63, 3.8) is 0 Å². The van der Waals surface area contributed by atoms with Crippen molar-refractivity contribution in [2.24, 2.45) is 11.5 Å². The molecule has 3 aromatic rings. The Morgan fingerprint density at radius 3 is 2.87 bits per heavy atom.